The first-order valence-corrected chi connectivity index (χ1v) is 10.9. The van der Waals surface area contributed by atoms with E-state index in [1.807, 2.05) is 4.68 Å². The molecular weight excluding hydrogens is 350 g/mol. The van der Waals surface area contributed by atoms with Crippen molar-refractivity contribution in [2.75, 3.05) is 13.2 Å². The molecule has 2 saturated carbocycles. The van der Waals surface area contributed by atoms with E-state index in [4.69, 9.17) is 9.84 Å². The van der Waals surface area contributed by atoms with E-state index >= 15 is 0 Å². The molecule has 1 aromatic carbocycles. The van der Waals surface area contributed by atoms with Crippen LogP contribution in [0.1, 0.15) is 54.5 Å². The Balaban J connectivity index is 1.27. The van der Waals surface area contributed by atoms with Gasteiger partial charge in [-0.25, -0.2) is 13.1 Å². The molecular formula is C19H23N3O3S. The van der Waals surface area contributed by atoms with Gasteiger partial charge in [-0.15, -0.1) is 0 Å². The highest BCUT2D eigenvalue weighted by Crippen LogP contribution is 2.44. The van der Waals surface area contributed by atoms with Crippen LogP contribution in [0.25, 0.3) is 0 Å². The summed E-state index contributed by atoms with van der Waals surface area (Å²) >= 11 is 0. The van der Waals surface area contributed by atoms with Crippen molar-refractivity contribution >= 4 is 10.0 Å². The number of nitrogens with one attached hydrogen (secondary N) is 1. The molecule has 3 aliphatic rings. The molecule has 2 heterocycles. The molecule has 0 amide bonds. The van der Waals surface area contributed by atoms with Crippen molar-refractivity contribution in [2.24, 2.45) is 0 Å². The molecule has 0 spiro atoms. The van der Waals surface area contributed by atoms with Gasteiger partial charge >= 0.3 is 0 Å². The van der Waals surface area contributed by atoms with Gasteiger partial charge in [-0.05, 0) is 55.5 Å². The minimum absolute atomic E-state index is 0.309. The number of ether oxygens (including phenoxy) is 1. The van der Waals surface area contributed by atoms with E-state index in [1.165, 1.54) is 37.1 Å². The van der Waals surface area contributed by atoms with Gasteiger partial charge in [0.05, 0.1) is 23.7 Å². The summed E-state index contributed by atoms with van der Waals surface area (Å²) in [5.41, 5.74) is 3.43. The van der Waals surface area contributed by atoms with Crippen LogP contribution in [0.15, 0.2) is 29.2 Å². The van der Waals surface area contributed by atoms with Gasteiger partial charge in [-0.1, -0.05) is 0 Å². The number of aromatic nitrogens is 2. The number of hydrogen-bond acceptors (Lipinski definition) is 4. The topological polar surface area (TPSA) is 73.2 Å². The van der Waals surface area contributed by atoms with Gasteiger partial charge in [-0.3, -0.25) is 4.68 Å². The van der Waals surface area contributed by atoms with Crippen molar-refractivity contribution in [1.29, 1.82) is 0 Å². The molecule has 0 unspecified atom stereocenters. The molecule has 0 atom stereocenters. The first-order chi connectivity index (χ1) is 12.6. The van der Waals surface area contributed by atoms with Crippen LogP contribution in [-0.4, -0.2) is 31.3 Å². The van der Waals surface area contributed by atoms with E-state index < -0.39 is 10.0 Å². The Kier molecular flexibility index (Phi) is 3.83. The predicted octanol–water partition coefficient (Wildman–Crippen LogP) is 2.55. The van der Waals surface area contributed by atoms with E-state index in [0.29, 0.717) is 36.4 Å². The monoisotopic (exact) mass is 373 g/mol. The van der Waals surface area contributed by atoms with Crippen LogP contribution in [0.3, 0.4) is 0 Å². The van der Waals surface area contributed by atoms with Gasteiger partial charge in [0.1, 0.15) is 5.75 Å². The highest BCUT2D eigenvalue weighted by Gasteiger charge is 2.32. The largest absolute Gasteiger partial charge is 0.493 e. The lowest BCUT2D eigenvalue weighted by Crippen LogP contribution is -2.28. The standard InChI is InChI=1S/C19H23N3O3S/c23-26(24,16-5-6-19-15(11-16)7-10-25-19)20-8-9-22-18(14-3-4-14)12-17(21-22)13-1-2-13/h5-6,11-14,20H,1-4,7-10H2. The van der Waals surface area contributed by atoms with Crippen LogP contribution in [0.2, 0.25) is 0 Å². The lowest BCUT2D eigenvalue weighted by molar-refractivity contribution is 0.356. The van der Waals surface area contributed by atoms with Crippen LogP contribution >= 0.6 is 0 Å². The molecule has 0 radical (unpaired) electrons. The molecule has 2 fully saturated rings. The predicted molar refractivity (Wildman–Crippen MR) is 97.0 cm³/mol. The molecule has 2 aliphatic carbocycles. The highest BCUT2D eigenvalue weighted by atomic mass is 32.2. The summed E-state index contributed by atoms with van der Waals surface area (Å²) < 4.78 is 35.4. The average molecular weight is 373 g/mol. The fraction of sp³-hybridized carbons (Fsp3) is 0.526. The Morgan fingerprint density at radius 2 is 1.96 bits per heavy atom. The zero-order valence-corrected chi connectivity index (χ0v) is 15.5. The van der Waals surface area contributed by atoms with E-state index in [2.05, 4.69) is 10.8 Å². The van der Waals surface area contributed by atoms with Crippen molar-refractivity contribution in [2.45, 2.75) is 55.4 Å². The second kappa shape index (κ2) is 6.09. The quantitative estimate of drug-likeness (QED) is 0.809. The van der Waals surface area contributed by atoms with Gasteiger partial charge in [-0.2, -0.15) is 5.10 Å². The Morgan fingerprint density at radius 1 is 1.15 bits per heavy atom. The molecule has 26 heavy (non-hydrogen) atoms. The van der Waals surface area contributed by atoms with Gasteiger partial charge in [0.2, 0.25) is 10.0 Å². The molecule has 2 aromatic rings. The molecule has 7 heteroatoms. The van der Waals surface area contributed by atoms with Gasteiger partial charge in [0, 0.05) is 30.5 Å². The molecule has 5 rings (SSSR count). The van der Waals surface area contributed by atoms with Crippen molar-refractivity contribution in [3.63, 3.8) is 0 Å². The second-order valence-electron chi connectivity index (χ2n) is 7.53. The number of hydrogen-bond donors (Lipinski definition) is 1. The van der Waals surface area contributed by atoms with Crippen LogP contribution in [-0.2, 0) is 23.0 Å². The number of benzene rings is 1. The molecule has 1 aromatic heterocycles. The van der Waals surface area contributed by atoms with Crippen LogP contribution in [0, 0.1) is 0 Å². The van der Waals surface area contributed by atoms with Crippen molar-refractivity contribution < 1.29 is 13.2 Å². The van der Waals surface area contributed by atoms with Crippen LogP contribution < -0.4 is 9.46 Å². The third-order valence-electron chi connectivity index (χ3n) is 5.41. The Labute approximate surface area is 153 Å². The number of sulfonamides is 1. The lowest BCUT2D eigenvalue weighted by Gasteiger charge is -2.10. The number of rotatable bonds is 7. The van der Waals surface area contributed by atoms with Crippen molar-refractivity contribution in [1.82, 2.24) is 14.5 Å². The molecule has 1 N–H and O–H groups in total. The van der Waals surface area contributed by atoms with E-state index in [1.54, 1.807) is 18.2 Å². The molecule has 1 aliphatic heterocycles. The summed E-state index contributed by atoms with van der Waals surface area (Å²) in [6, 6.07) is 7.32. The maximum atomic E-state index is 12.6. The second-order valence-corrected chi connectivity index (χ2v) is 9.30. The average Bonchev–Trinajstić information content (AvgIpc) is 3.56. The van der Waals surface area contributed by atoms with Crippen LogP contribution in [0.5, 0.6) is 5.75 Å². The van der Waals surface area contributed by atoms with E-state index in [-0.39, 0.29) is 0 Å². The summed E-state index contributed by atoms with van der Waals surface area (Å²) in [5.74, 6) is 2.03. The third kappa shape index (κ3) is 3.14. The zero-order valence-electron chi connectivity index (χ0n) is 14.6. The molecule has 0 bridgehead atoms. The fourth-order valence-corrected chi connectivity index (χ4v) is 4.69. The summed E-state index contributed by atoms with van der Waals surface area (Å²) in [7, 11) is -3.51. The first kappa shape index (κ1) is 16.3. The Hall–Kier alpha value is -1.86. The maximum absolute atomic E-state index is 12.6. The smallest absolute Gasteiger partial charge is 0.240 e. The normalized spacial score (nSPS) is 19.4. The van der Waals surface area contributed by atoms with Crippen LogP contribution in [0.4, 0.5) is 0 Å². The lowest BCUT2D eigenvalue weighted by atomic mass is 10.2. The van der Waals surface area contributed by atoms with E-state index in [9.17, 15) is 8.42 Å². The molecule has 6 nitrogen and oxygen atoms in total. The molecule has 138 valence electrons. The zero-order chi connectivity index (χ0) is 17.7. The minimum Gasteiger partial charge on any atom is -0.493 e. The van der Waals surface area contributed by atoms with Crippen molar-refractivity contribution in [3.05, 3.63) is 41.2 Å². The first-order valence-electron chi connectivity index (χ1n) is 9.43. The Morgan fingerprint density at radius 3 is 2.73 bits per heavy atom. The van der Waals surface area contributed by atoms with Crippen molar-refractivity contribution in [3.8, 4) is 5.75 Å². The van der Waals surface area contributed by atoms with E-state index in [0.717, 1.165) is 17.7 Å². The SMILES string of the molecule is O=S(=O)(NCCn1nc(C2CC2)cc1C1CC1)c1ccc2c(c1)CCO2. The summed E-state index contributed by atoms with van der Waals surface area (Å²) in [6.07, 6.45) is 5.67. The van der Waals surface area contributed by atoms with Gasteiger partial charge < -0.3 is 4.74 Å². The highest BCUT2D eigenvalue weighted by molar-refractivity contribution is 7.89. The summed E-state index contributed by atoms with van der Waals surface area (Å²) in [5, 5.41) is 4.74. The fourth-order valence-electron chi connectivity index (χ4n) is 3.62. The number of fused-ring (bicyclic) bond motifs is 1. The molecule has 0 saturated heterocycles. The van der Waals surface area contributed by atoms with Gasteiger partial charge in [0.15, 0.2) is 0 Å². The Bertz CT molecular complexity index is 943. The van der Waals surface area contributed by atoms with Gasteiger partial charge in [0.25, 0.3) is 0 Å². The summed E-state index contributed by atoms with van der Waals surface area (Å²) in [6.45, 7) is 1.55. The number of nitrogens with zero attached hydrogens (tertiary/aromatic N) is 2. The minimum atomic E-state index is -3.51. The summed E-state index contributed by atoms with van der Waals surface area (Å²) in [4.78, 5) is 0.309. The third-order valence-corrected chi connectivity index (χ3v) is 6.87. The maximum Gasteiger partial charge on any atom is 0.240 e.